The summed E-state index contributed by atoms with van der Waals surface area (Å²) >= 11 is 0. The van der Waals surface area contributed by atoms with E-state index in [1.54, 1.807) is 6.08 Å². The molecule has 248 valence electrons. The van der Waals surface area contributed by atoms with E-state index in [1.807, 2.05) is 6.08 Å². The van der Waals surface area contributed by atoms with Crippen LogP contribution in [0.3, 0.4) is 0 Å². The second kappa shape index (κ2) is 16.7. The number of ether oxygens (including phenoxy) is 2. The Morgan fingerprint density at radius 3 is 2.05 bits per heavy atom. The average molecular weight is 639 g/mol. The maximum absolute atomic E-state index is 13.6. The number of unbranched alkanes of at least 4 members (excludes halogenated alkanes) is 2. The summed E-state index contributed by atoms with van der Waals surface area (Å²) in [5.41, 5.74) is 0. The molecule has 0 heterocycles. The zero-order chi connectivity index (χ0) is 33.2. The van der Waals surface area contributed by atoms with Gasteiger partial charge in [0, 0.05) is 18.8 Å². The number of rotatable bonds is 17. The Balaban J connectivity index is 3.38. The van der Waals surface area contributed by atoms with Crippen molar-refractivity contribution in [2.45, 2.75) is 154 Å². The lowest BCUT2D eigenvalue weighted by Gasteiger charge is -2.40. The summed E-state index contributed by atoms with van der Waals surface area (Å²) in [4.78, 5) is 38.7. The highest BCUT2D eigenvalue weighted by Crippen LogP contribution is 2.43. The highest BCUT2D eigenvalue weighted by molar-refractivity contribution is 6.74. The molecule has 0 aromatic carbocycles. The number of hydrogen-bond acceptors (Lipinski definition) is 7. The van der Waals surface area contributed by atoms with Gasteiger partial charge in [0.2, 0.25) is 0 Å². The van der Waals surface area contributed by atoms with Crippen molar-refractivity contribution in [2.75, 3.05) is 7.11 Å². The van der Waals surface area contributed by atoms with Gasteiger partial charge in [0.1, 0.15) is 17.8 Å². The largest absolute Gasteiger partial charge is 0.469 e. The molecule has 1 unspecified atom stereocenters. The zero-order valence-electron chi connectivity index (χ0n) is 29.3. The van der Waals surface area contributed by atoms with Crippen molar-refractivity contribution in [1.82, 2.24) is 0 Å². The number of carbonyl (C=O) groups excluding carboxylic acids is 3. The molecule has 0 amide bonds. The molecule has 5 atom stereocenters. The lowest BCUT2D eigenvalue weighted by atomic mass is 9.93. The van der Waals surface area contributed by atoms with Crippen LogP contribution in [0, 0.1) is 11.8 Å². The third-order valence-electron chi connectivity index (χ3n) is 9.59. The molecule has 0 aromatic heterocycles. The number of esters is 2. The molecule has 1 fully saturated rings. The summed E-state index contributed by atoms with van der Waals surface area (Å²) in [6.45, 7) is 28.1. The molecular formula is C34H62O7Si2. The van der Waals surface area contributed by atoms with Gasteiger partial charge in [-0.15, -0.1) is 0 Å². The normalized spacial score (nSPS) is 21.6. The Kier molecular flexibility index (Phi) is 15.3. The Morgan fingerprint density at radius 1 is 0.953 bits per heavy atom. The van der Waals surface area contributed by atoms with E-state index in [9.17, 15) is 14.4 Å². The molecule has 0 saturated heterocycles. The van der Waals surface area contributed by atoms with Crippen LogP contribution in [0.25, 0.3) is 0 Å². The number of Topliss-reactive ketones (excluding diaryl/α,β-unsaturated/α-hetero) is 1. The molecule has 0 aliphatic heterocycles. The second-order valence-electron chi connectivity index (χ2n) is 15.1. The predicted octanol–water partition coefficient (Wildman–Crippen LogP) is 8.55. The minimum Gasteiger partial charge on any atom is -0.469 e. The van der Waals surface area contributed by atoms with Crippen molar-refractivity contribution in [3.05, 3.63) is 24.8 Å². The number of hydrogen-bond donors (Lipinski definition) is 0. The first-order valence-corrected chi connectivity index (χ1v) is 22.0. The summed E-state index contributed by atoms with van der Waals surface area (Å²) in [5.74, 6) is -2.45. The molecule has 0 radical (unpaired) electrons. The Labute approximate surface area is 264 Å². The van der Waals surface area contributed by atoms with Crippen LogP contribution in [0.2, 0.25) is 36.3 Å². The second-order valence-corrected chi connectivity index (χ2v) is 24.6. The lowest BCUT2D eigenvalue weighted by Crippen LogP contribution is -2.45. The molecule has 0 N–H and O–H groups in total. The van der Waals surface area contributed by atoms with Crippen molar-refractivity contribution in [1.29, 1.82) is 0 Å². The van der Waals surface area contributed by atoms with Gasteiger partial charge in [-0.05, 0) is 55.5 Å². The van der Waals surface area contributed by atoms with E-state index in [-0.39, 0.29) is 40.8 Å². The average Bonchev–Trinajstić information content (AvgIpc) is 3.18. The van der Waals surface area contributed by atoms with E-state index < -0.39 is 46.6 Å². The highest BCUT2D eigenvalue weighted by Gasteiger charge is 2.51. The summed E-state index contributed by atoms with van der Waals surface area (Å²) < 4.78 is 24.2. The minimum atomic E-state index is -2.24. The summed E-state index contributed by atoms with van der Waals surface area (Å²) in [5, 5.41) is 0.00563. The third-order valence-corrected chi connectivity index (χ3v) is 18.6. The first-order chi connectivity index (χ1) is 19.7. The van der Waals surface area contributed by atoms with Crippen LogP contribution in [-0.2, 0) is 32.7 Å². The topological polar surface area (TPSA) is 88.1 Å². The monoisotopic (exact) mass is 638 g/mol. The third kappa shape index (κ3) is 12.0. The van der Waals surface area contributed by atoms with Gasteiger partial charge in [-0.2, -0.15) is 0 Å². The van der Waals surface area contributed by atoms with Crippen molar-refractivity contribution in [2.24, 2.45) is 11.8 Å². The van der Waals surface area contributed by atoms with E-state index in [0.717, 1.165) is 25.7 Å². The minimum absolute atomic E-state index is 0.0510. The van der Waals surface area contributed by atoms with E-state index in [4.69, 9.17) is 18.3 Å². The number of methoxy groups -OCH3 is 1. The molecule has 9 heteroatoms. The molecule has 0 bridgehead atoms. The molecule has 1 aliphatic rings. The van der Waals surface area contributed by atoms with Gasteiger partial charge >= 0.3 is 11.9 Å². The fourth-order valence-electron chi connectivity index (χ4n) is 4.68. The van der Waals surface area contributed by atoms with Gasteiger partial charge in [0.25, 0.3) is 0 Å². The standard InChI is InChI=1S/C34H62O7Si2/c1-14-16-17-19-26(40-42(10,11)33(3,4)5)22-23-27-29(41-43(12,13)34(6,7)8)24-28(35)31(27)32(37)39-25(15-2)20-18-21-30(36)38-9/h15,22-23,25-27,29,31H,2,14,16-21,24H2,1,3-13H3/b23-22+/t25?,26-,27-,29+,31+/m0/s1. The first-order valence-electron chi connectivity index (χ1n) is 16.2. The predicted molar refractivity (Wildman–Crippen MR) is 180 cm³/mol. The quantitative estimate of drug-likeness (QED) is 0.0519. The van der Waals surface area contributed by atoms with E-state index in [0.29, 0.717) is 12.8 Å². The van der Waals surface area contributed by atoms with Gasteiger partial charge in [-0.25, -0.2) is 0 Å². The maximum atomic E-state index is 13.6. The van der Waals surface area contributed by atoms with Gasteiger partial charge in [-0.1, -0.05) is 92.5 Å². The van der Waals surface area contributed by atoms with Crippen LogP contribution in [0.4, 0.5) is 0 Å². The molecule has 0 spiro atoms. The van der Waals surface area contributed by atoms with E-state index in [1.165, 1.54) is 7.11 Å². The van der Waals surface area contributed by atoms with Crippen LogP contribution < -0.4 is 0 Å². The van der Waals surface area contributed by atoms with Crippen molar-refractivity contribution in [3.63, 3.8) is 0 Å². The van der Waals surface area contributed by atoms with Gasteiger partial charge < -0.3 is 18.3 Å². The first kappa shape index (κ1) is 39.5. The number of ketones is 1. The Hall–Kier alpha value is -1.56. The van der Waals surface area contributed by atoms with E-state index >= 15 is 0 Å². The van der Waals surface area contributed by atoms with Crippen LogP contribution >= 0.6 is 0 Å². The van der Waals surface area contributed by atoms with Gasteiger partial charge in [0.05, 0.1) is 19.3 Å². The molecule has 43 heavy (non-hydrogen) atoms. The van der Waals surface area contributed by atoms with Crippen LogP contribution in [-0.4, -0.2) is 59.8 Å². The Morgan fingerprint density at radius 2 is 1.53 bits per heavy atom. The van der Waals surface area contributed by atoms with Crippen LogP contribution in [0.15, 0.2) is 24.8 Å². The fraction of sp³-hybridized carbons (Fsp3) is 0.794. The van der Waals surface area contributed by atoms with Crippen LogP contribution in [0.1, 0.15) is 99.8 Å². The van der Waals surface area contributed by atoms with Crippen LogP contribution in [0.5, 0.6) is 0 Å². The summed E-state index contributed by atoms with van der Waals surface area (Å²) in [7, 11) is -2.96. The summed E-state index contributed by atoms with van der Waals surface area (Å²) in [6.07, 6.45) is 10.0. The number of carbonyl (C=O) groups is 3. The fourth-order valence-corrected chi connectivity index (χ4v) is 7.34. The SMILES string of the molecule is C=CC(CCCC(=O)OC)OC(=O)[C@H]1C(=O)C[C@@H](O[Si](C)(C)C(C)(C)C)[C@@H]1/C=C/[C@H](CCCCC)O[Si](C)(C)C(C)(C)C. The van der Waals surface area contributed by atoms with E-state index in [2.05, 4.69) is 87.3 Å². The maximum Gasteiger partial charge on any atom is 0.317 e. The molecule has 1 saturated carbocycles. The molecule has 1 aliphatic carbocycles. The zero-order valence-corrected chi connectivity index (χ0v) is 31.3. The molecular weight excluding hydrogens is 577 g/mol. The van der Waals surface area contributed by atoms with Crippen molar-refractivity contribution < 1.29 is 32.7 Å². The molecule has 0 aromatic rings. The molecule has 1 rings (SSSR count). The van der Waals surface area contributed by atoms with Gasteiger partial charge in [-0.3, -0.25) is 14.4 Å². The van der Waals surface area contributed by atoms with Crippen molar-refractivity contribution >= 4 is 34.4 Å². The lowest BCUT2D eigenvalue weighted by molar-refractivity contribution is -0.155. The Bertz CT molecular complexity index is 959. The van der Waals surface area contributed by atoms with Crippen molar-refractivity contribution in [3.8, 4) is 0 Å². The molecule has 7 nitrogen and oxygen atoms in total. The smallest absolute Gasteiger partial charge is 0.317 e. The highest BCUT2D eigenvalue weighted by atomic mass is 28.4. The van der Waals surface area contributed by atoms with Gasteiger partial charge in [0.15, 0.2) is 16.6 Å². The summed E-state index contributed by atoms with van der Waals surface area (Å²) in [6, 6.07) is 0.